The lowest BCUT2D eigenvalue weighted by molar-refractivity contribution is 0.289. The number of nitriles is 1. The van der Waals surface area contributed by atoms with E-state index in [1.165, 1.54) is 0 Å². The van der Waals surface area contributed by atoms with Crippen molar-refractivity contribution in [1.29, 1.82) is 5.26 Å². The van der Waals surface area contributed by atoms with E-state index in [4.69, 9.17) is 0 Å². The molecule has 1 heterocycles. The first-order valence-electron chi connectivity index (χ1n) is 7.24. The number of aromatic nitrogens is 2. The predicted octanol–water partition coefficient (Wildman–Crippen LogP) is 3.02. The number of thioether (sulfide) groups is 1. The molecule has 1 aliphatic carbocycles. The Labute approximate surface area is 125 Å². The average Bonchev–Trinajstić information content (AvgIpc) is 2.83. The zero-order valence-corrected chi connectivity index (χ0v) is 13.0. The van der Waals surface area contributed by atoms with Crippen LogP contribution in [0.4, 0.5) is 0 Å². The standard InChI is InChI=1S/C15H22N4S/c1-12(2)19-15(10-16)7-3-4-13(15)6-9-20-14-5-8-17-11-18-14/h5,8,11-13,19H,3-4,6-7,9H2,1-2H3. The molecule has 1 aromatic heterocycles. The van der Waals surface area contributed by atoms with Gasteiger partial charge >= 0.3 is 0 Å². The van der Waals surface area contributed by atoms with Crippen LogP contribution in [0, 0.1) is 17.2 Å². The molecule has 1 aliphatic rings. The number of hydrogen-bond acceptors (Lipinski definition) is 5. The summed E-state index contributed by atoms with van der Waals surface area (Å²) in [5.74, 6) is 1.45. The summed E-state index contributed by atoms with van der Waals surface area (Å²) in [6, 6.07) is 4.85. The third-order valence-corrected chi connectivity index (χ3v) is 4.81. The molecule has 0 amide bonds. The molecule has 1 fully saturated rings. The molecule has 0 saturated heterocycles. The quantitative estimate of drug-likeness (QED) is 0.644. The molecule has 5 heteroatoms. The van der Waals surface area contributed by atoms with Crippen molar-refractivity contribution in [2.45, 2.75) is 56.1 Å². The van der Waals surface area contributed by atoms with Crippen LogP contribution >= 0.6 is 11.8 Å². The Morgan fingerprint density at radius 3 is 3.10 bits per heavy atom. The van der Waals surface area contributed by atoms with Crippen LogP contribution in [-0.4, -0.2) is 27.3 Å². The summed E-state index contributed by atoms with van der Waals surface area (Å²) in [6.07, 6.45) is 7.68. The minimum Gasteiger partial charge on any atom is -0.297 e. The van der Waals surface area contributed by atoms with Gasteiger partial charge in [-0.25, -0.2) is 9.97 Å². The molecular weight excluding hydrogens is 268 g/mol. The smallest absolute Gasteiger partial charge is 0.116 e. The molecule has 1 N–H and O–H groups in total. The van der Waals surface area contributed by atoms with Crippen molar-refractivity contribution >= 4 is 11.8 Å². The molecule has 2 rings (SSSR count). The van der Waals surface area contributed by atoms with Crippen molar-refractivity contribution in [3.8, 4) is 6.07 Å². The average molecular weight is 290 g/mol. The molecule has 0 radical (unpaired) electrons. The van der Waals surface area contributed by atoms with E-state index < -0.39 is 0 Å². The summed E-state index contributed by atoms with van der Waals surface area (Å²) in [4.78, 5) is 8.14. The number of hydrogen-bond donors (Lipinski definition) is 1. The van der Waals surface area contributed by atoms with Crippen LogP contribution in [0.1, 0.15) is 39.5 Å². The fourth-order valence-corrected chi connectivity index (χ4v) is 3.91. The lowest BCUT2D eigenvalue weighted by Crippen LogP contribution is -2.50. The topological polar surface area (TPSA) is 61.6 Å². The normalized spacial score (nSPS) is 25.8. The summed E-state index contributed by atoms with van der Waals surface area (Å²) < 4.78 is 0. The zero-order valence-electron chi connectivity index (χ0n) is 12.2. The highest BCUT2D eigenvalue weighted by Crippen LogP contribution is 2.39. The molecule has 0 bridgehead atoms. The van der Waals surface area contributed by atoms with E-state index in [0.29, 0.717) is 12.0 Å². The third-order valence-electron chi connectivity index (χ3n) is 3.84. The van der Waals surface area contributed by atoms with E-state index in [1.807, 2.05) is 6.07 Å². The van der Waals surface area contributed by atoms with Crippen molar-refractivity contribution in [2.24, 2.45) is 5.92 Å². The van der Waals surface area contributed by atoms with Gasteiger partial charge in [0.05, 0.1) is 11.1 Å². The summed E-state index contributed by atoms with van der Waals surface area (Å²) in [5.41, 5.74) is -0.319. The Balaban J connectivity index is 1.89. The second kappa shape index (κ2) is 7.05. The van der Waals surface area contributed by atoms with Gasteiger partial charge in [-0.1, -0.05) is 6.42 Å². The first-order chi connectivity index (χ1) is 9.66. The van der Waals surface area contributed by atoms with Crippen molar-refractivity contribution in [3.63, 3.8) is 0 Å². The fourth-order valence-electron chi connectivity index (χ4n) is 3.02. The van der Waals surface area contributed by atoms with Crippen LogP contribution in [0.3, 0.4) is 0 Å². The molecular formula is C15H22N4S. The maximum absolute atomic E-state index is 9.61. The summed E-state index contributed by atoms with van der Waals surface area (Å²) >= 11 is 1.75. The molecule has 4 nitrogen and oxygen atoms in total. The van der Waals surface area contributed by atoms with Gasteiger partial charge < -0.3 is 0 Å². The van der Waals surface area contributed by atoms with Crippen LogP contribution < -0.4 is 5.32 Å². The SMILES string of the molecule is CC(C)NC1(C#N)CCCC1CCSc1ccncn1. The fraction of sp³-hybridized carbons (Fsp3) is 0.667. The van der Waals surface area contributed by atoms with Gasteiger partial charge in [0, 0.05) is 12.2 Å². The van der Waals surface area contributed by atoms with Crippen LogP contribution in [0.15, 0.2) is 23.6 Å². The minimum atomic E-state index is -0.319. The van der Waals surface area contributed by atoms with E-state index in [2.05, 4.69) is 35.2 Å². The molecule has 2 atom stereocenters. The van der Waals surface area contributed by atoms with Crippen LogP contribution in [0.2, 0.25) is 0 Å². The lowest BCUT2D eigenvalue weighted by Gasteiger charge is -2.32. The van der Waals surface area contributed by atoms with E-state index in [0.717, 1.165) is 36.5 Å². The highest BCUT2D eigenvalue weighted by molar-refractivity contribution is 7.99. The van der Waals surface area contributed by atoms with Gasteiger partial charge in [0.15, 0.2) is 0 Å². The lowest BCUT2D eigenvalue weighted by atomic mass is 9.86. The van der Waals surface area contributed by atoms with Crippen LogP contribution in [0.25, 0.3) is 0 Å². The monoisotopic (exact) mass is 290 g/mol. The first-order valence-corrected chi connectivity index (χ1v) is 8.22. The summed E-state index contributed by atoms with van der Waals surface area (Å²) in [6.45, 7) is 4.23. The number of rotatable bonds is 6. The zero-order chi connectivity index (χ0) is 14.4. The number of nitrogens with zero attached hydrogens (tertiary/aromatic N) is 3. The molecule has 20 heavy (non-hydrogen) atoms. The largest absolute Gasteiger partial charge is 0.297 e. The first kappa shape index (κ1) is 15.3. The third kappa shape index (κ3) is 3.71. The molecule has 1 saturated carbocycles. The van der Waals surface area contributed by atoms with E-state index in [-0.39, 0.29) is 5.54 Å². The second-order valence-corrected chi connectivity index (χ2v) is 6.77. The molecule has 0 aliphatic heterocycles. The van der Waals surface area contributed by atoms with Gasteiger partial charge in [-0.15, -0.1) is 11.8 Å². The summed E-state index contributed by atoms with van der Waals surface area (Å²) in [5, 5.41) is 14.1. The highest BCUT2D eigenvalue weighted by atomic mass is 32.2. The van der Waals surface area contributed by atoms with Gasteiger partial charge in [0.1, 0.15) is 11.9 Å². The number of nitrogens with one attached hydrogen (secondary N) is 1. The Morgan fingerprint density at radius 2 is 2.45 bits per heavy atom. The van der Waals surface area contributed by atoms with Crippen molar-refractivity contribution in [3.05, 3.63) is 18.6 Å². The van der Waals surface area contributed by atoms with E-state index >= 15 is 0 Å². The van der Waals surface area contributed by atoms with E-state index in [9.17, 15) is 5.26 Å². The van der Waals surface area contributed by atoms with Gasteiger partial charge in [0.25, 0.3) is 0 Å². The van der Waals surface area contributed by atoms with Gasteiger partial charge in [0.2, 0.25) is 0 Å². The maximum Gasteiger partial charge on any atom is 0.116 e. The molecule has 0 spiro atoms. The molecule has 108 valence electrons. The highest BCUT2D eigenvalue weighted by Gasteiger charge is 2.42. The maximum atomic E-state index is 9.61. The van der Waals surface area contributed by atoms with Crippen molar-refractivity contribution in [1.82, 2.24) is 15.3 Å². The molecule has 1 aromatic rings. The van der Waals surface area contributed by atoms with Crippen molar-refractivity contribution < 1.29 is 0 Å². The Hall–Kier alpha value is -1.12. The second-order valence-electron chi connectivity index (χ2n) is 5.66. The Kier molecular flexibility index (Phi) is 5.38. The molecule has 0 aromatic carbocycles. The van der Waals surface area contributed by atoms with E-state index in [1.54, 1.807) is 24.3 Å². The molecule has 2 unspecified atom stereocenters. The minimum absolute atomic E-state index is 0.319. The van der Waals surface area contributed by atoms with Gasteiger partial charge in [-0.05, 0) is 50.8 Å². The Morgan fingerprint density at radius 1 is 1.60 bits per heavy atom. The van der Waals surface area contributed by atoms with Crippen LogP contribution in [-0.2, 0) is 0 Å². The Bertz CT molecular complexity index is 457. The van der Waals surface area contributed by atoms with Gasteiger partial charge in [-0.3, -0.25) is 5.32 Å². The summed E-state index contributed by atoms with van der Waals surface area (Å²) in [7, 11) is 0. The predicted molar refractivity (Wildman–Crippen MR) is 81.3 cm³/mol. The van der Waals surface area contributed by atoms with Gasteiger partial charge in [-0.2, -0.15) is 5.26 Å². The van der Waals surface area contributed by atoms with Crippen LogP contribution in [0.5, 0.6) is 0 Å². The van der Waals surface area contributed by atoms with Crippen molar-refractivity contribution in [2.75, 3.05) is 5.75 Å².